The number of cyclic esters (lactones) is 1. The van der Waals surface area contributed by atoms with Crippen LogP contribution >= 0.6 is 0 Å². The molecule has 12 atom stereocenters. The van der Waals surface area contributed by atoms with E-state index in [0.29, 0.717) is 6.42 Å². The van der Waals surface area contributed by atoms with Crippen molar-refractivity contribution >= 4 is 11.8 Å². The van der Waals surface area contributed by atoms with Gasteiger partial charge in [-0.3, -0.25) is 9.59 Å². The number of hydrogen-bond acceptors (Lipinski definition) is 10. The van der Waals surface area contributed by atoms with E-state index in [4.69, 9.17) is 18.9 Å². The van der Waals surface area contributed by atoms with Crippen molar-refractivity contribution in [1.82, 2.24) is 4.90 Å². The third-order valence-corrected chi connectivity index (χ3v) is 10.0. The summed E-state index contributed by atoms with van der Waals surface area (Å²) in [4.78, 5) is 29.7. The van der Waals surface area contributed by atoms with Crippen LogP contribution < -0.4 is 0 Å². The molecule has 0 unspecified atom stereocenters. The predicted octanol–water partition coefficient (Wildman–Crippen LogP) is 3.89. The van der Waals surface area contributed by atoms with Gasteiger partial charge in [0.2, 0.25) is 0 Å². The zero-order chi connectivity index (χ0) is 36.0. The van der Waals surface area contributed by atoms with Crippen molar-refractivity contribution in [3.63, 3.8) is 0 Å². The highest BCUT2D eigenvalue weighted by atomic mass is 16.7. The second kappa shape index (κ2) is 16.9. The number of likely N-dealkylation sites (N-methyl/N-ethyl adjacent to an activating group) is 1. The van der Waals surface area contributed by atoms with E-state index in [1.54, 1.807) is 34.6 Å². The Bertz CT molecular complexity index is 1320. The number of benzene rings is 1. The van der Waals surface area contributed by atoms with Gasteiger partial charge in [-0.15, -0.1) is 0 Å². The summed E-state index contributed by atoms with van der Waals surface area (Å²) in [6.45, 7) is 12.1. The van der Waals surface area contributed by atoms with Crippen molar-refractivity contribution in [2.24, 2.45) is 17.8 Å². The van der Waals surface area contributed by atoms with E-state index in [0.717, 1.165) is 5.56 Å². The molecule has 2 aliphatic rings. The lowest BCUT2D eigenvalue weighted by atomic mass is 9.76. The number of carbonyl (C=O) groups is 2. The molecule has 2 aliphatic heterocycles. The van der Waals surface area contributed by atoms with Gasteiger partial charge in [-0.05, 0) is 79.3 Å². The Balaban J connectivity index is 2.11. The molecule has 268 valence electrons. The zero-order valence-corrected chi connectivity index (χ0v) is 30.3. The maximum Gasteiger partial charge on any atom is 0.311 e. The van der Waals surface area contributed by atoms with Gasteiger partial charge in [0.15, 0.2) is 12.1 Å². The minimum Gasteiger partial charge on any atom is -0.459 e. The maximum absolute atomic E-state index is 14.2. The summed E-state index contributed by atoms with van der Waals surface area (Å²) in [6.07, 6.45) is -2.98. The molecule has 3 rings (SSSR count). The first-order valence-electron chi connectivity index (χ1n) is 17.1. The Morgan fingerprint density at radius 2 is 1.69 bits per heavy atom. The minimum absolute atomic E-state index is 0.0552. The molecule has 3 N–H and O–H groups in total. The van der Waals surface area contributed by atoms with Crippen LogP contribution in [0.4, 0.5) is 0 Å². The number of carbonyl (C=O) groups excluding carboxylic acids is 2. The number of methoxy groups -OCH3 is 1. The van der Waals surface area contributed by atoms with Crippen LogP contribution in [0.25, 0.3) is 0 Å². The highest BCUT2D eigenvalue weighted by Gasteiger charge is 2.49. The van der Waals surface area contributed by atoms with Gasteiger partial charge in [-0.2, -0.15) is 0 Å². The molecule has 48 heavy (non-hydrogen) atoms. The smallest absolute Gasteiger partial charge is 0.311 e. The number of nitrogens with zero attached hydrogens (tertiary/aromatic N) is 1. The van der Waals surface area contributed by atoms with Crippen molar-refractivity contribution in [2.45, 2.75) is 128 Å². The quantitative estimate of drug-likeness (QED) is 0.302. The molecule has 0 spiro atoms. The van der Waals surface area contributed by atoms with Crippen molar-refractivity contribution in [1.29, 1.82) is 0 Å². The van der Waals surface area contributed by atoms with E-state index in [1.807, 2.05) is 56.3 Å². The maximum atomic E-state index is 14.2. The molecule has 1 aromatic rings. The predicted molar refractivity (Wildman–Crippen MR) is 183 cm³/mol. The molecule has 0 aromatic heterocycles. The molecule has 10 nitrogen and oxygen atoms in total. The fraction of sp³-hybridized carbons (Fsp3) is 0.684. The minimum atomic E-state index is -1.70. The number of rotatable bonds is 6. The van der Waals surface area contributed by atoms with Crippen molar-refractivity contribution in [3.05, 3.63) is 47.5 Å². The molecule has 0 bridgehead atoms. The molecule has 0 saturated carbocycles. The van der Waals surface area contributed by atoms with Crippen LogP contribution in [-0.2, 0) is 28.5 Å². The molecule has 1 aromatic carbocycles. The van der Waals surface area contributed by atoms with E-state index in [9.17, 15) is 24.9 Å². The average Bonchev–Trinajstić information content (AvgIpc) is 3.04. The third-order valence-electron chi connectivity index (χ3n) is 10.0. The summed E-state index contributed by atoms with van der Waals surface area (Å²) in [5.41, 5.74) is -1.82. The Kier molecular flexibility index (Phi) is 14.0. The first-order chi connectivity index (χ1) is 22.4. The van der Waals surface area contributed by atoms with Crippen LogP contribution in [0.1, 0.15) is 79.7 Å². The lowest BCUT2D eigenvalue weighted by Crippen LogP contribution is -2.59. The van der Waals surface area contributed by atoms with Crippen LogP contribution in [0.5, 0.6) is 0 Å². The molecule has 0 radical (unpaired) electrons. The van der Waals surface area contributed by atoms with Crippen molar-refractivity contribution < 1.29 is 43.9 Å². The average molecular weight is 672 g/mol. The Labute approximate surface area is 286 Å². The molecule has 10 heteroatoms. The number of hydrogen-bond donors (Lipinski definition) is 3. The highest BCUT2D eigenvalue weighted by molar-refractivity contribution is 5.97. The summed E-state index contributed by atoms with van der Waals surface area (Å²) >= 11 is 0. The molecule has 2 heterocycles. The van der Waals surface area contributed by atoms with Gasteiger partial charge in [0.1, 0.15) is 17.8 Å². The SMILES string of the molecule is CC[C@H]1OC(=O)[C@H](C)[C@@H](O)[C@H](C)[C@@H](O[C@@H]2O[C@H](C)C[C@H](N(C)C)[C@H]2O)[C@@](C)(OC)C[C@@H](C)C(=O)C(CC#Cc2ccccc2)=C[C@]1(C)O. The molecule has 0 amide bonds. The monoisotopic (exact) mass is 671 g/mol. The number of allylic oxidation sites excluding steroid dienone is 1. The van der Waals surface area contributed by atoms with Gasteiger partial charge >= 0.3 is 5.97 Å². The van der Waals surface area contributed by atoms with Crippen LogP contribution in [0.2, 0.25) is 0 Å². The van der Waals surface area contributed by atoms with Crippen LogP contribution in [0.15, 0.2) is 42.0 Å². The van der Waals surface area contributed by atoms with Crippen LogP contribution in [0, 0.1) is 29.6 Å². The van der Waals surface area contributed by atoms with Crippen molar-refractivity contribution in [3.8, 4) is 11.8 Å². The van der Waals surface area contributed by atoms with Gasteiger partial charge in [0.05, 0.1) is 29.8 Å². The summed E-state index contributed by atoms with van der Waals surface area (Å²) in [7, 11) is 5.27. The molecule has 0 aliphatic carbocycles. The third kappa shape index (κ3) is 9.54. The Hall–Kier alpha value is -2.62. The van der Waals surface area contributed by atoms with E-state index in [2.05, 4.69) is 11.8 Å². The fourth-order valence-corrected chi connectivity index (χ4v) is 7.01. The largest absolute Gasteiger partial charge is 0.459 e. The van der Waals surface area contributed by atoms with Crippen LogP contribution in [-0.4, -0.2) is 107 Å². The lowest BCUT2D eigenvalue weighted by Gasteiger charge is -2.47. The first kappa shape index (κ1) is 39.8. The van der Waals surface area contributed by atoms with E-state index < -0.39 is 65.6 Å². The molecule has 1 fully saturated rings. The summed E-state index contributed by atoms with van der Waals surface area (Å²) in [5.74, 6) is 2.81. The number of aliphatic hydroxyl groups is 3. The topological polar surface area (TPSA) is 135 Å². The van der Waals surface area contributed by atoms with Crippen molar-refractivity contribution in [2.75, 3.05) is 21.2 Å². The summed E-state index contributed by atoms with van der Waals surface area (Å²) in [6, 6.07) is 9.15. The summed E-state index contributed by atoms with van der Waals surface area (Å²) in [5, 5.41) is 34.6. The van der Waals surface area contributed by atoms with Gasteiger partial charge < -0.3 is 39.2 Å². The number of ketones is 1. The van der Waals surface area contributed by atoms with Gasteiger partial charge in [0.25, 0.3) is 0 Å². The van der Waals surface area contributed by atoms with E-state index in [1.165, 1.54) is 20.1 Å². The van der Waals surface area contributed by atoms with Gasteiger partial charge in [-0.25, -0.2) is 0 Å². The second-order valence-electron chi connectivity index (χ2n) is 14.3. The van der Waals surface area contributed by atoms with E-state index in [-0.39, 0.29) is 42.8 Å². The molecular formula is C38H57NO9. The highest BCUT2D eigenvalue weighted by Crippen LogP contribution is 2.38. The molecular weight excluding hydrogens is 614 g/mol. The Morgan fingerprint density at radius 3 is 2.27 bits per heavy atom. The van der Waals surface area contributed by atoms with Gasteiger partial charge in [-0.1, -0.05) is 50.8 Å². The number of esters is 1. The van der Waals surface area contributed by atoms with E-state index >= 15 is 0 Å². The summed E-state index contributed by atoms with van der Waals surface area (Å²) < 4.78 is 24.7. The number of Topliss-reactive ketones (excluding diaryl/α,β-unsaturated/α-hetero) is 1. The Morgan fingerprint density at radius 1 is 1.04 bits per heavy atom. The zero-order valence-electron chi connectivity index (χ0n) is 30.3. The number of ether oxygens (including phenoxy) is 4. The first-order valence-corrected chi connectivity index (χ1v) is 17.1. The normalized spacial score (nSPS) is 38.8. The second-order valence-corrected chi connectivity index (χ2v) is 14.3. The molecule has 1 saturated heterocycles. The lowest BCUT2D eigenvalue weighted by molar-refractivity contribution is -0.301. The fourth-order valence-electron chi connectivity index (χ4n) is 7.01. The van der Waals surface area contributed by atoms with Gasteiger partial charge in [0, 0.05) is 42.5 Å². The number of aliphatic hydroxyl groups excluding tert-OH is 2. The van der Waals surface area contributed by atoms with Crippen LogP contribution in [0.3, 0.4) is 0 Å². The standard InChI is InChI=1S/C38H57NO9/c1-11-30-37(6,44)22-28(19-15-18-27-16-13-12-14-17-27)31(40)23(2)21-38(7,45-10)34(25(4)32(41)26(5)35(43)47-30)48-36-33(42)29(39(8)9)20-24(3)46-36/h12-14,16-17,22-26,29-30,32-34,36,41-42,44H,11,19-21H2,1-10H3/t23-,24-,25+,26-,29+,30-,32+,33-,34-,36+,37+,38+/m1/s1.